The first kappa shape index (κ1) is 22.0. The van der Waals surface area contributed by atoms with Gasteiger partial charge >= 0.3 is 0 Å². The highest BCUT2D eigenvalue weighted by molar-refractivity contribution is 5.85. The molecule has 0 radical (unpaired) electrons. The maximum atomic E-state index is 12.9. The molecule has 1 aromatic heterocycles. The highest BCUT2D eigenvalue weighted by atomic mass is 35.5. The second-order valence-electron chi connectivity index (χ2n) is 7.48. The van der Waals surface area contributed by atoms with E-state index in [1.807, 2.05) is 35.2 Å². The van der Waals surface area contributed by atoms with Gasteiger partial charge in [0.1, 0.15) is 6.54 Å². The molecule has 160 valence electrons. The van der Waals surface area contributed by atoms with E-state index < -0.39 is 0 Å². The zero-order valence-corrected chi connectivity index (χ0v) is 17.5. The largest absolute Gasteiger partial charge is 0.339 e. The van der Waals surface area contributed by atoms with Gasteiger partial charge in [-0.05, 0) is 18.9 Å². The molecule has 0 bridgehead atoms. The lowest BCUT2D eigenvalue weighted by molar-refractivity contribution is -0.140. The molecule has 30 heavy (non-hydrogen) atoms. The molecule has 2 aliphatic heterocycles. The van der Waals surface area contributed by atoms with E-state index in [1.165, 1.54) is 10.7 Å². The predicted octanol–water partition coefficient (Wildman–Crippen LogP) is 0.755. The number of halogens is 1. The Hall–Kier alpha value is -2.71. The van der Waals surface area contributed by atoms with Crippen molar-refractivity contribution in [3.05, 3.63) is 52.8 Å². The van der Waals surface area contributed by atoms with Gasteiger partial charge < -0.3 is 15.1 Å². The Balaban J connectivity index is 0.00000256. The minimum absolute atomic E-state index is 0. The summed E-state index contributed by atoms with van der Waals surface area (Å²) in [5, 5.41) is 7.46. The quantitative estimate of drug-likeness (QED) is 0.772. The summed E-state index contributed by atoms with van der Waals surface area (Å²) in [5.74, 6) is -0.0545. The van der Waals surface area contributed by atoms with Crippen molar-refractivity contribution in [2.24, 2.45) is 0 Å². The monoisotopic (exact) mass is 431 g/mol. The number of piperazine rings is 1. The summed E-state index contributed by atoms with van der Waals surface area (Å²) in [7, 11) is 0. The van der Waals surface area contributed by atoms with Crippen molar-refractivity contribution in [2.75, 3.05) is 32.7 Å². The number of nitrogens with zero attached hydrogens (tertiary/aromatic N) is 4. The first-order valence-corrected chi connectivity index (χ1v) is 10.0. The average Bonchev–Trinajstić information content (AvgIpc) is 2.76. The molecule has 2 saturated heterocycles. The van der Waals surface area contributed by atoms with Crippen LogP contribution in [0.2, 0.25) is 0 Å². The highest BCUT2D eigenvalue weighted by Crippen LogP contribution is 2.18. The molecule has 1 unspecified atom stereocenters. The molecule has 0 saturated carbocycles. The molecule has 2 aromatic rings. The van der Waals surface area contributed by atoms with Crippen molar-refractivity contribution in [2.45, 2.75) is 25.4 Å². The lowest BCUT2D eigenvalue weighted by Crippen LogP contribution is -2.57. The van der Waals surface area contributed by atoms with Gasteiger partial charge in [0.25, 0.3) is 5.56 Å². The molecule has 2 amide bonds. The van der Waals surface area contributed by atoms with Crippen LogP contribution >= 0.6 is 12.4 Å². The van der Waals surface area contributed by atoms with Crippen LogP contribution < -0.4 is 10.9 Å². The average molecular weight is 432 g/mol. The van der Waals surface area contributed by atoms with Gasteiger partial charge in [0.15, 0.2) is 0 Å². The third-order valence-electron chi connectivity index (χ3n) is 5.54. The van der Waals surface area contributed by atoms with Crippen LogP contribution in [0.15, 0.2) is 47.3 Å². The summed E-state index contributed by atoms with van der Waals surface area (Å²) in [6.45, 7) is 2.87. The fourth-order valence-corrected chi connectivity index (χ4v) is 4.00. The van der Waals surface area contributed by atoms with Crippen LogP contribution in [-0.4, -0.2) is 70.2 Å². The van der Waals surface area contributed by atoms with Crippen LogP contribution in [0.4, 0.5) is 0 Å². The molecule has 0 aliphatic carbocycles. The van der Waals surface area contributed by atoms with Crippen LogP contribution in [0.1, 0.15) is 12.8 Å². The fourth-order valence-electron chi connectivity index (χ4n) is 4.00. The van der Waals surface area contributed by atoms with E-state index in [1.54, 1.807) is 11.0 Å². The van der Waals surface area contributed by atoms with Crippen LogP contribution in [0.5, 0.6) is 0 Å². The maximum absolute atomic E-state index is 12.9. The van der Waals surface area contributed by atoms with E-state index >= 15 is 0 Å². The Morgan fingerprint density at radius 2 is 1.90 bits per heavy atom. The smallest absolute Gasteiger partial charge is 0.267 e. The molecule has 2 fully saturated rings. The fraction of sp³-hybridized carbons (Fsp3) is 0.429. The molecule has 8 nitrogen and oxygen atoms in total. The highest BCUT2D eigenvalue weighted by Gasteiger charge is 2.31. The Bertz CT molecular complexity index is 949. The minimum atomic E-state index is -0.302. The van der Waals surface area contributed by atoms with Gasteiger partial charge in [0.05, 0.1) is 12.2 Å². The Morgan fingerprint density at radius 3 is 2.67 bits per heavy atom. The minimum Gasteiger partial charge on any atom is -0.339 e. The summed E-state index contributed by atoms with van der Waals surface area (Å²) in [6, 6.07) is 12.7. The van der Waals surface area contributed by atoms with Crippen molar-refractivity contribution in [1.82, 2.24) is 24.9 Å². The number of benzene rings is 1. The standard InChI is InChI=1S/C21H25N5O3.ClH/c27-19-9-8-18(16-5-2-1-3-6-16)23-26(19)15-21(29)24-11-4-7-17(14-24)25-12-10-22-13-20(25)28;/h1-3,5-6,8-9,17,22H,4,7,10-15H2;1H. The van der Waals surface area contributed by atoms with E-state index in [0.717, 1.165) is 24.9 Å². The summed E-state index contributed by atoms with van der Waals surface area (Å²) in [5.41, 5.74) is 1.24. The number of carbonyl (C=O) groups is 2. The van der Waals surface area contributed by atoms with Gasteiger partial charge in [-0.2, -0.15) is 5.10 Å². The first-order valence-electron chi connectivity index (χ1n) is 10.0. The molecule has 1 aromatic carbocycles. The van der Waals surface area contributed by atoms with Gasteiger partial charge in [0.2, 0.25) is 11.8 Å². The molecular weight excluding hydrogens is 406 g/mol. The van der Waals surface area contributed by atoms with Gasteiger partial charge in [-0.25, -0.2) is 4.68 Å². The lowest BCUT2D eigenvalue weighted by Gasteiger charge is -2.41. The third kappa shape index (κ3) is 4.88. The molecule has 0 spiro atoms. The van der Waals surface area contributed by atoms with Crippen molar-refractivity contribution < 1.29 is 9.59 Å². The second kappa shape index (κ2) is 9.86. The summed E-state index contributed by atoms with van der Waals surface area (Å²) < 4.78 is 1.23. The molecule has 4 rings (SSSR count). The van der Waals surface area contributed by atoms with Crippen molar-refractivity contribution in [3.63, 3.8) is 0 Å². The molecular formula is C21H26ClN5O3. The van der Waals surface area contributed by atoms with Gasteiger partial charge in [0, 0.05) is 43.9 Å². The number of carbonyl (C=O) groups excluding carboxylic acids is 2. The van der Waals surface area contributed by atoms with Crippen LogP contribution in [0.25, 0.3) is 11.3 Å². The van der Waals surface area contributed by atoms with Crippen LogP contribution in [-0.2, 0) is 16.1 Å². The number of piperidine rings is 1. The van der Waals surface area contributed by atoms with Gasteiger partial charge in [-0.1, -0.05) is 30.3 Å². The lowest BCUT2D eigenvalue weighted by atomic mass is 10.0. The Morgan fingerprint density at radius 1 is 1.10 bits per heavy atom. The topological polar surface area (TPSA) is 87.5 Å². The van der Waals surface area contributed by atoms with E-state index in [-0.39, 0.29) is 42.4 Å². The third-order valence-corrected chi connectivity index (χ3v) is 5.54. The van der Waals surface area contributed by atoms with E-state index in [9.17, 15) is 14.4 Å². The number of nitrogens with one attached hydrogen (secondary N) is 1. The van der Waals surface area contributed by atoms with Crippen molar-refractivity contribution in [1.29, 1.82) is 0 Å². The molecule has 9 heteroatoms. The van der Waals surface area contributed by atoms with Crippen LogP contribution in [0.3, 0.4) is 0 Å². The predicted molar refractivity (Wildman–Crippen MR) is 115 cm³/mol. The Labute approximate surface area is 181 Å². The first-order chi connectivity index (χ1) is 14.1. The molecule has 3 heterocycles. The number of aromatic nitrogens is 2. The van der Waals surface area contributed by atoms with E-state index in [4.69, 9.17) is 0 Å². The van der Waals surface area contributed by atoms with Crippen molar-refractivity contribution >= 4 is 24.2 Å². The molecule has 1 N–H and O–H groups in total. The summed E-state index contributed by atoms with van der Waals surface area (Å²) in [6.07, 6.45) is 1.75. The zero-order valence-electron chi connectivity index (χ0n) is 16.7. The zero-order chi connectivity index (χ0) is 20.2. The molecule has 2 aliphatic rings. The second-order valence-corrected chi connectivity index (χ2v) is 7.48. The van der Waals surface area contributed by atoms with Crippen LogP contribution in [0, 0.1) is 0 Å². The van der Waals surface area contributed by atoms with Crippen molar-refractivity contribution in [3.8, 4) is 11.3 Å². The number of likely N-dealkylation sites (tertiary alicyclic amines) is 1. The normalized spacial score (nSPS) is 19.3. The number of hydrogen-bond donors (Lipinski definition) is 1. The van der Waals surface area contributed by atoms with Gasteiger partial charge in [-0.15, -0.1) is 12.4 Å². The Kier molecular flexibility index (Phi) is 7.23. The van der Waals surface area contributed by atoms with E-state index in [0.29, 0.717) is 31.9 Å². The number of amides is 2. The SMILES string of the molecule is Cl.O=C(Cn1nc(-c2ccccc2)ccc1=O)N1CCCC(N2CCNCC2=O)C1. The number of hydrogen-bond acceptors (Lipinski definition) is 5. The molecule has 1 atom stereocenters. The number of rotatable bonds is 4. The van der Waals surface area contributed by atoms with E-state index in [2.05, 4.69) is 10.4 Å². The maximum Gasteiger partial charge on any atom is 0.267 e. The summed E-state index contributed by atoms with van der Waals surface area (Å²) in [4.78, 5) is 41.0. The van der Waals surface area contributed by atoms with Gasteiger partial charge in [-0.3, -0.25) is 14.4 Å². The summed E-state index contributed by atoms with van der Waals surface area (Å²) >= 11 is 0.